The lowest BCUT2D eigenvalue weighted by atomic mass is 9.94. The van der Waals surface area contributed by atoms with Gasteiger partial charge >= 0.3 is 12.0 Å². The normalized spacial score (nSPS) is 16.4. The molecule has 29 heavy (non-hydrogen) atoms. The van der Waals surface area contributed by atoms with Crippen LogP contribution in [0.5, 0.6) is 0 Å². The van der Waals surface area contributed by atoms with Gasteiger partial charge in [0.05, 0.1) is 29.9 Å². The number of nitrogens with zero attached hydrogens (tertiary/aromatic N) is 1. The lowest BCUT2D eigenvalue weighted by molar-refractivity contribution is -0.255. The lowest BCUT2D eigenvalue weighted by Crippen LogP contribution is -2.48. The van der Waals surface area contributed by atoms with Crippen molar-refractivity contribution in [1.29, 1.82) is 0 Å². The minimum atomic E-state index is -1.39. The molecular formula is C21H18FN2O5-. The van der Waals surface area contributed by atoms with Crippen LogP contribution >= 0.6 is 0 Å². The molecule has 2 aromatic carbocycles. The van der Waals surface area contributed by atoms with Crippen molar-refractivity contribution in [3.8, 4) is 0 Å². The minimum absolute atomic E-state index is 0.111. The first kappa shape index (κ1) is 20.1. The van der Waals surface area contributed by atoms with E-state index in [2.05, 4.69) is 5.32 Å². The Labute approximate surface area is 166 Å². The summed E-state index contributed by atoms with van der Waals surface area (Å²) >= 11 is 0. The van der Waals surface area contributed by atoms with Crippen LogP contribution in [-0.4, -0.2) is 24.6 Å². The van der Waals surface area contributed by atoms with Gasteiger partial charge in [-0.25, -0.2) is 14.0 Å². The van der Waals surface area contributed by atoms with Crippen molar-refractivity contribution in [2.24, 2.45) is 0 Å². The molecule has 0 bridgehead atoms. The number of hydrogen-bond donors (Lipinski definition) is 1. The Balaban J connectivity index is 2.15. The van der Waals surface area contributed by atoms with E-state index >= 15 is 0 Å². The SMILES string of the molecule is CCOC(=O)C1=C(C)N(c2cccc(C(=O)[O-])c2)C(=O)N[C@H]1c1cccc(F)c1. The molecule has 1 heterocycles. The molecule has 0 aromatic heterocycles. The highest BCUT2D eigenvalue weighted by atomic mass is 19.1. The van der Waals surface area contributed by atoms with E-state index in [1.165, 1.54) is 47.4 Å². The lowest BCUT2D eigenvalue weighted by Gasteiger charge is -2.35. The Hall–Kier alpha value is -3.68. The van der Waals surface area contributed by atoms with Crippen LogP contribution in [0.25, 0.3) is 0 Å². The van der Waals surface area contributed by atoms with Crippen molar-refractivity contribution in [2.45, 2.75) is 19.9 Å². The largest absolute Gasteiger partial charge is 0.545 e. The van der Waals surface area contributed by atoms with Crippen LogP contribution in [0.1, 0.15) is 35.8 Å². The number of rotatable bonds is 5. The van der Waals surface area contributed by atoms with Crippen molar-refractivity contribution >= 4 is 23.7 Å². The molecule has 1 N–H and O–H groups in total. The average Bonchev–Trinajstić information content (AvgIpc) is 2.68. The Morgan fingerprint density at radius 1 is 1.21 bits per heavy atom. The van der Waals surface area contributed by atoms with Gasteiger partial charge < -0.3 is 20.0 Å². The van der Waals surface area contributed by atoms with Gasteiger partial charge in [-0.2, -0.15) is 0 Å². The van der Waals surface area contributed by atoms with E-state index in [-0.39, 0.29) is 29.1 Å². The predicted octanol–water partition coefficient (Wildman–Crippen LogP) is 2.30. The van der Waals surface area contributed by atoms with Crippen LogP contribution in [-0.2, 0) is 9.53 Å². The number of carboxylic acid groups (broad SMARTS) is 1. The minimum Gasteiger partial charge on any atom is -0.545 e. The third-order valence-corrected chi connectivity index (χ3v) is 4.50. The first-order valence-electron chi connectivity index (χ1n) is 8.88. The second kappa shape index (κ2) is 8.14. The number of hydrogen-bond acceptors (Lipinski definition) is 5. The number of carboxylic acids is 1. The van der Waals surface area contributed by atoms with Crippen molar-refractivity contribution < 1.29 is 28.6 Å². The number of aromatic carboxylic acids is 1. The van der Waals surface area contributed by atoms with E-state index < -0.39 is 29.8 Å². The molecule has 150 valence electrons. The number of nitrogens with one attached hydrogen (secondary N) is 1. The van der Waals surface area contributed by atoms with Gasteiger partial charge in [0.15, 0.2) is 0 Å². The highest BCUT2D eigenvalue weighted by Gasteiger charge is 2.37. The highest BCUT2D eigenvalue weighted by molar-refractivity contribution is 6.03. The van der Waals surface area contributed by atoms with Crippen LogP contribution in [0.2, 0.25) is 0 Å². The number of urea groups is 1. The Morgan fingerprint density at radius 2 is 1.93 bits per heavy atom. The molecule has 0 fully saturated rings. The number of esters is 1. The van der Waals surface area contributed by atoms with E-state index in [1.54, 1.807) is 19.9 Å². The zero-order chi connectivity index (χ0) is 21.1. The van der Waals surface area contributed by atoms with Crippen molar-refractivity contribution in [1.82, 2.24) is 5.32 Å². The van der Waals surface area contributed by atoms with E-state index in [0.717, 1.165) is 0 Å². The summed E-state index contributed by atoms with van der Waals surface area (Å²) in [5, 5.41) is 13.8. The highest BCUT2D eigenvalue weighted by Crippen LogP contribution is 2.34. The number of anilines is 1. The van der Waals surface area contributed by atoms with E-state index in [4.69, 9.17) is 4.74 Å². The van der Waals surface area contributed by atoms with Gasteiger partial charge in [0.2, 0.25) is 0 Å². The molecule has 0 saturated heterocycles. The molecule has 7 nitrogen and oxygen atoms in total. The molecule has 8 heteroatoms. The third kappa shape index (κ3) is 3.96. The number of carbonyl (C=O) groups excluding carboxylic acids is 3. The van der Waals surface area contributed by atoms with Crippen LogP contribution < -0.4 is 15.3 Å². The molecule has 1 aliphatic rings. The van der Waals surface area contributed by atoms with Crippen LogP contribution in [0.15, 0.2) is 59.8 Å². The number of ether oxygens (including phenoxy) is 1. The van der Waals surface area contributed by atoms with Crippen molar-refractivity contribution in [3.63, 3.8) is 0 Å². The van der Waals surface area contributed by atoms with E-state index in [0.29, 0.717) is 5.56 Å². The molecule has 1 aliphatic heterocycles. The Kier molecular flexibility index (Phi) is 5.63. The maximum Gasteiger partial charge on any atom is 0.338 e. The first-order valence-corrected chi connectivity index (χ1v) is 8.88. The molecule has 0 spiro atoms. The summed E-state index contributed by atoms with van der Waals surface area (Å²) in [4.78, 5) is 37.9. The number of benzene rings is 2. The van der Waals surface area contributed by atoms with Gasteiger partial charge in [0.1, 0.15) is 5.82 Å². The predicted molar refractivity (Wildman–Crippen MR) is 100 cm³/mol. The summed E-state index contributed by atoms with van der Waals surface area (Å²) < 4.78 is 18.9. The fourth-order valence-electron chi connectivity index (χ4n) is 3.24. The zero-order valence-electron chi connectivity index (χ0n) is 15.8. The maximum atomic E-state index is 13.7. The molecule has 0 aliphatic carbocycles. The zero-order valence-corrected chi connectivity index (χ0v) is 15.8. The molecule has 1 atom stereocenters. The number of allylic oxidation sites excluding steroid dienone is 1. The molecule has 2 amide bonds. The van der Waals surface area contributed by atoms with Crippen LogP contribution in [0, 0.1) is 5.82 Å². The molecule has 0 radical (unpaired) electrons. The Morgan fingerprint density at radius 3 is 2.59 bits per heavy atom. The number of amides is 2. The van der Waals surface area contributed by atoms with Gasteiger partial charge in [0, 0.05) is 5.70 Å². The second-order valence-corrected chi connectivity index (χ2v) is 6.33. The van der Waals surface area contributed by atoms with Crippen LogP contribution in [0.3, 0.4) is 0 Å². The maximum absolute atomic E-state index is 13.7. The van der Waals surface area contributed by atoms with E-state index in [1.807, 2.05) is 0 Å². The number of carbonyl (C=O) groups is 3. The fourth-order valence-corrected chi connectivity index (χ4v) is 3.24. The standard InChI is InChI=1S/C21H19FN2O5/c1-3-29-20(27)17-12(2)24(16-9-5-7-14(11-16)19(25)26)21(28)23-18(17)13-6-4-8-15(22)10-13/h4-11,18H,3H2,1-2H3,(H,23,28)(H,25,26)/p-1/t18-/m0/s1. The van der Waals surface area contributed by atoms with Gasteiger partial charge in [0.25, 0.3) is 0 Å². The Bertz CT molecular complexity index is 1020. The summed E-state index contributed by atoms with van der Waals surface area (Å²) in [6.45, 7) is 3.30. The molecule has 0 saturated carbocycles. The van der Waals surface area contributed by atoms with Gasteiger partial charge in [-0.3, -0.25) is 4.90 Å². The fraction of sp³-hybridized carbons (Fsp3) is 0.190. The summed E-state index contributed by atoms with van der Waals surface area (Å²) in [5.41, 5.74) is 0.867. The number of halogens is 1. The summed E-state index contributed by atoms with van der Waals surface area (Å²) in [5.74, 6) is -2.57. The molecule has 2 aromatic rings. The molecule has 0 unspecified atom stereocenters. The first-order chi connectivity index (χ1) is 13.8. The topological polar surface area (TPSA) is 98.8 Å². The van der Waals surface area contributed by atoms with Crippen molar-refractivity contribution in [3.05, 3.63) is 76.7 Å². The third-order valence-electron chi connectivity index (χ3n) is 4.50. The van der Waals surface area contributed by atoms with Gasteiger partial charge in [-0.15, -0.1) is 0 Å². The molecular weight excluding hydrogens is 379 g/mol. The average molecular weight is 397 g/mol. The monoisotopic (exact) mass is 397 g/mol. The summed E-state index contributed by atoms with van der Waals surface area (Å²) in [6.07, 6.45) is 0. The molecule has 3 rings (SSSR count). The van der Waals surface area contributed by atoms with E-state index in [9.17, 15) is 23.9 Å². The quantitative estimate of drug-likeness (QED) is 0.781. The van der Waals surface area contributed by atoms with Crippen LogP contribution in [0.4, 0.5) is 14.9 Å². The van der Waals surface area contributed by atoms with Gasteiger partial charge in [-0.05, 0) is 49.2 Å². The smallest absolute Gasteiger partial charge is 0.338 e. The summed E-state index contributed by atoms with van der Waals surface area (Å²) in [7, 11) is 0. The van der Waals surface area contributed by atoms with Crippen molar-refractivity contribution in [2.75, 3.05) is 11.5 Å². The second-order valence-electron chi connectivity index (χ2n) is 6.33. The summed E-state index contributed by atoms with van der Waals surface area (Å²) in [6, 6.07) is 9.63. The van der Waals surface area contributed by atoms with Gasteiger partial charge in [-0.1, -0.05) is 24.3 Å².